The Labute approximate surface area is 88.8 Å². The zero-order valence-electron chi connectivity index (χ0n) is 8.04. The summed E-state index contributed by atoms with van der Waals surface area (Å²) in [6.07, 6.45) is -4.00. The lowest BCUT2D eigenvalue weighted by atomic mass is 10.0. The molecule has 0 heterocycles. The van der Waals surface area contributed by atoms with Gasteiger partial charge in [0.15, 0.2) is 11.5 Å². The van der Waals surface area contributed by atoms with Crippen LogP contribution >= 0.6 is 0 Å². The van der Waals surface area contributed by atoms with Gasteiger partial charge in [-0.05, 0) is 18.9 Å². The third-order valence-electron chi connectivity index (χ3n) is 2.68. The van der Waals surface area contributed by atoms with Gasteiger partial charge in [0.05, 0.1) is 5.60 Å². The SMILES string of the molecule is Oc1c(C(F)(F)F)ccc(C2(O)CC2)c1O. The summed E-state index contributed by atoms with van der Waals surface area (Å²) >= 11 is 0. The Morgan fingerprint density at radius 1 is 1.06 bits per heavy atom. The molecule has 3 N–H and O–H groups in total. The quantitative estimate of drug-likeness (QED) is 0.652. The number of phenols is 2. The van der Waals surface area contributed by atoms with Gasteiger partial charge in [0, 0.05) is 5.56 Å². The molecule has 0 aliphatic heterocycles. The number of halogens is 3. The molecule has 1 saturated carbocycles. The molecule has 1 aromatic carbocycles. The molecule has 0 atom stereocenters. The summed E-state index contributed by atoms with van der Waals surface area (Å²) in [5.74, 6) is -2.12. The number of hydrogen-bond acceptors (Lipinski definition) is 3. The molecule has 2 rings (SSSR count). The summed E-state index contributed by atoms with van der Waals surface area (Å²) in [5.41, 5.74) is -2.65. The number of aliphatic hydroxyl groups is 1. The van der Waals surface area contributed by atoms with Gasteiger partial charge >= 0.3 is 6.18 Å². The van der Waals surface area contributed by atoms with E-state index in [4.69, 9.17) is 0 Å². The van der Waals surface area contributed by atoms with Crippen molar-refractivity contribution < 1.29 is 28.5 Å². The Bertz CT molecular complexity index is 405. The molecular weight excluding hydrogens is 225 g/mol. The monoisotopic (exact) mass is 234 g/mol. The number of rotatable bonds is 1. The maximum absolute atomic E-state index is 12.3. The van der Waals surface area contributed by atoms with Gasteiger partial charge in [0.25, 0.3) is 0 Å². The fourth-order valence-electron chi connectivity index (χ4n) is 1.57. The number of benzene rings is 1. The van der Waals surface area contributed by atoms with E-state index in [-0.39, 0.29) is 5.56 Å². The second kappa shape index (κ2) is 3.04. The topological polar surface area (TPSA) is 60.7 Å². The van der Waals surface area contributed by atoms with Gasteiger partial charge in [-0.3, -0.25) is 0 Å². The van der Waals surface area contributed by atoms with Crippen molar-refractivity contribution in [1.82, 2.24) is 0 Å². The van der Waals surface area contributed by atoms with E-state index in [9.17, 15) is 28.5 Å². The number of alkyl halides is 3. The van der Waals surface area contributed by atoms with Crippen LogP contribution in [0.25, 0.3) is 0 Å². The summed E-state index contributed by atoms with van der Waals surface area (Å²) in [7, 11) is 0. The summed E-state index contributed by atoms with van der Waals surface area (Å²) < 4.78 is 37.0. The Kier molecular flexibility index (Phi) is 2.10. The minimum absolute atomic E-state index is 0.0574. The molecule has 3 nitrogen and oxygen atoms in total. The molecule has 6 heteroatoms. The molecule has 1 aliphatic rings. The zero-order valence-corrected chi connectivity index (χ0v) is 8.04. The molecule has 1 aromatic rings. The maximum Gasteiger partial charge on any atom is 0.420 e. The normalized spacial score (nSPS) is 18.5. The minimum Gasteiger partial charge on any atom is -0.504 e. The van der Waals surface area contributed by atoms with Crippen LogP contribution in [0.15, 0.2) is 12.1 Å². The van der Waals surface area contributed by atoms with Crippen molar-refractivity contribution in [3.63, 3.8) is 0 Å². The van der Waals surface area contributed by atoms with Crippen LogP contribution in [0.2, 0.25) is 0 Å². The van der Waals surface area contributed by atoms with Gasteiger partial charge < -0.3 is 15.3 Å². The zero-order chi connectivity index (χ0) is 12.1. The first-order valence-corrected chi connectivity index (χ1v) is 4.61. The van der Waals surface area contributed by atoms with Crippen molar-refractivity contribution in [3.05, 3.63) is 23.3 Å². The lowest BCUT2D eigenvalue weighted by molar-refractivity contribution is -0.139. The largest absolute Gasteiger partial charge is 0.504 e. The lowest BCUT2D eigenvalue weighted by Crippen LogP contribution is -2.09. The van der Waals surface area contributed by atoms with Gasteiger partial charge in [-0.25, -0.2) is 0 Å². The van der Waals surface area contributed by atoms with Crippen molar-refractivity contribution in [3.8, 4) is 11.5 Å². The summed E-state index contributed by atoms with van der Waals surface area (Å²) in [5, 5.41) is 28.3. The molecule has 0 unspecified atom stereocenters. The Morgan fingerprint density at radius 2 is 1.62 bits per heavy atom. The minimum atomic E-state index is -4.73. The molecule has 0 bridgehead atoms. The smallest absolute Gasteiger partial charge is 0.420 e. The molecule has 1 aliphatic carbocycles. The van der Waals surface area contributed by atoms with Crippen LogP contribution in [0, 0.1) is 0 Å². The highest BCUT2D eigenvalue weighted by molar-refractivity contribution is 5.54. The first-order valence-electron chi connectivity index (χ1n) is 4.61. The van der Waals surface area contributed by atoms with Crippen LogP contribution in [0.3, 0.4) is 0 Å². The second-order valence-electron chi connectivity index (χ2n) is 3.89. The maximum atomic E-state index is 12.3. The van der Waals surface area contributed by atoms with Crippen molar-refractivity contribution in [1.29, 1.82) is 0 Å². The third-order valence-corrected chi connectivity index (χ3v) is 2.68. The van der Waals surface area contributed by atoms with Crippen molar-refractivity contribution in [2.45, 2.75) is 24.6 Å². The number of hydrogen-bond donors (Lipinski definition) is 3. The standard InChI is InChI=1S/C10H9F3O3/c11-10(12,13)6-2-1-5(7(14)8(6)15)9(16)3-4-9/h1-2,14-16H,3-4H2. The van der Waals surface area contributed by atoms with Crippen LogP contribution in [0.4, 0.5) is 13.2 Å². The van der Waals surface area contributed by atoms with Crippen molar-refractivity contribution >= 4 is 0 Å². The molecule has 0 aromatic heterocycles. The first kappa shape index (κ1) is 11.1. The second-order valence-corrected chi connectivity index (χ2v) is 3.89. The van der Waals surface area contributed by atoms with Crippen molar-refractivity contribution in [2.75, 3.05) is 0 Å². The van der Waals surface area contributed by atoms with Crippen LogP contribution < -0.4 is 0 Å². The highest BCUT2D eigenvalue weighted by Crippen LogP contribution is 2.52. The lowest BCUT2D eigenvalue weighted by Gasteiger charge is -2.15. The van der Waals surface area contributed by atoms with E-state index in [2.05, 4.69) is 0 Å². The molecule has 0 amide bonds. The highest BCUT2D eigenvalue weighted by atomic mass is 19.4. The van der Waals surface area contributed by atoms with E-state index >= 15 is 0 Å². The first-order chi connectivity index (χ1) is 7.26. The fraction of sp³-hybridized carbons (Fsp3) is 0.400. The predicted molar refractivity (Wildman–Crippen MR) is 47.9 cm³/mol. The molecular formula is C10H9F3O3. The van der Waals surface area contributed by atoms with E-state index in [0.29, 0.717) is 18.9 Å². The van der Waals surface area contributed by atoms with Gasteiger partial charge in [0.1, 0.15) is 5.56 Å². The Morgan fingerprint density at radius 3 is 2.06 bits per heavy atom. The van der Waals surface area contributed by atoms with E-state index < -0.39 is 28.8 Å². The van der Waals surface area contributed by atoms with Gasteiger partial charge in [-0.2, -0.15) is 13.2 Å². The summed E-state index contributed by atoms with van der Waals surface area (Å²) in [6, 6.07) is 1.64. The van der Waals surface area contributed by atoms with E-state index in [1.54, 1.807) is 0 Å². The molecule has 0 radical (unpaired) electrons. The van der Waals surface area contributed by atoms with Gasteiger partial charge in [-0.15, -0.1) is 0 Å². The van der Waals surface area contributed by atoms with Crippen LogP contribution in [0.1, 0.15) is 24.0 Å². The van der Waals surface area contributed by atoms with Crippen molar-refractivity contribution in [2.24, 2.45) is 0 Å². The van der Waals surface area contributed by atoms with Crippen LogP contribution in [0.5, 0.6) is 11.5 Å². The Balaban J connectivity index is 2.53. The fourth-order valence-corrected chi connectivity index (χ4v) is 1.57. The molecule has 0 saturated heterocycles. The predicted octanol–water partition coefficient (Wildman–Crippen LogP) is 2.10. The molecule has 1 fully saturated rings. The Hall–Kier alpha value is -1.43. The van der Waals surface area contributed by atoms with Gasteiger partial charge in [-0.1, -0.05) is 6.07 Å². The number of aromatic hydroxyl groups is 2. The average Bonchev–Trinajstić information content (AvgIpc) is 2.87. The highest BCUT2D eigenvalue weighted by Gasteiger charge is 2.46. The molecule has 16 heavy (non-hydrogen) atoms. The average molecular weight is 234 g/mol. The van der Waals surface area contributed by atoms with E-state index in [0.717, 1.165) is 6.07 Å². The van der Waals surface area contributed by atoms with E-state index in [1.165, 1.54) is 0 Å². The summed E-state index contributed by atoms with van der Waals surface area (Å²) in [6.45, 7) is 0. The van der Waals surface area contributed by atoms with Crippen LogP contribution in [-0.2, 0) is 11.8 Å². The number of phenolic OH excluding ortho intramolecular Hbond substituents is 2. The van der Waals surface area contributed by atoms with Gasteiger partial charge in [0.2, 0.25) is 0 Å². The molecule has 0 spiro atoms. The van der Waals surface area contributed by atoms with E-state index in [1.807, 2.05) is 0 Å². The summed E-state index contributed by atoms with van der Waals surface area (Å²) in [4.78, 5) is 0. The van der Waals surface area contributed by atoms with Crippen LogP contribution in [-0.4, -0.2) is 15.3 Å². The molecule has 88 valence electrons. The third kappa shape index (κ3) is 1.59.